The Kier molecular flexibility index (Phi) is 1.60. The van der Waals surface area contributed by atoms with E-state index in [2.05, 4.69) is 5.10 Å². The molecule has 0 aliphatic carbocycles. The maximum Gasteiger partial charge on any atom is 0.251 e. The maximum atomic E-state index is 10.7. The van der Waals surface area contributed by atoms with E-state index in [1.807, 2.05) is 0 Å². The molecule has 1 rings (SSSR count). The Morgan fingerprint density at radius 2 is 1.90 bits per heavy atom. The van der Waals surface area contributed by atoms with Gasteiger partial charge in [0.2, 0.25) is 0 Å². The number of nitrogens with zero attached hydrogens (tertiary/aromatic N) is 2. The Labute approximate surface area is 56.8 Å². The van der Waals surface area contributed by atoms with Crippen molar-refractivity contribution in [2.75, 3.05) is 0 Å². The van der Waals surface area contributed by atoms with Crippen LogP contribution in [0.1, 0.15) is 12.8 Å². The van der Waals surface area contributed by atoms with Crippen molar-refractivity contribution in [3.05, 3.63) is 0 Å². The zero-order valence-corrected chi connectivity index (χ0v) is 5.13. The summed E-state index contributed by atoms with van der Waals surface area (Å²) < 4.78 is 0. The number of carbonyl (C=O) groups excluding carboxylic acids is 2. The predicted molar refractivity (Wildman–Crippen MR) is 31.2 cm³/mol. The monoisotopic (exact) mass is 139 g/mol. The quantitative estimate of drug-likeness (QED) is 0.403. The second-order valence-electron chi connectivity index (χ2n) is 1.81. The van der Waals surface area contributed by atoms with Gasteiger partial charge < -0.3 is 0 Å². The van der Waals surface area contributed by atoms with E-state index in [0.29, 0.717) is 5.01 Å². The maximum absolute atomic E-state index is 10.7. The molecular weight excluding hydrogens is 134 g/mol. The van der Waals surface area contributed by atoms with Gasteiger partial charge in [-0.05, 0) is 0 Å². The molecule has 5 nitrogen and oxygen atoms in total. The number of hydrogen-bond acceptors (Lipinski definition) is 4. The van der Waals surface area contributed by atoms with E-state index >= 15 is 0 Å². The number of amides is 2. The standard InChI is InChI=1S/C5H5N3O2/c6-3-7-8-4(9)1-2-5(8)10/h6H,1-2H2. The van der Waals surface area contributed by atoms with Gasteiger partial charge in [0.15, 0.2) is 0 Å². The average Bonchev–Trinajstić information content (AvgIpc) is 2.20. The van der Waals surface area contributed by atoms with Crippen molar-refractivity contribution in [2.24, 2.45) is 5.10 Å². The molecule has 0 unspecified atom stereocenters. The highest BCUT2D eigenvalue weighted by Crippen LogP contribution is 2.10. The van der Waals surface area contributed by atoms with Gasteiger partial charge in [-0.15, -0.1) is 0 Å². The molecule has 1 aliphatic heterocycles. The second kappa shape index (κ2) is 2.41. The predicted octanol–water partition coefficient (Wildman–Crippen LogP) is -0.197. The lowest BCUT2D eigenvalue weighted by molar-refractivity contribution is -0.138. The molecule has 1 heterocycles. The van der Waals surface area contributed by atoms with Crippen LogP contribution < -0.4 is 0 Å². The zero-order chi connectivity index (χ0) is 7.56. The lowest BCUT2D eigenvalue weighted by atomic mass is 10.4. The van der Waals surface area contributed by atoms with E-state index in [0.717, 1.165) is 0 Å². The van der Waals surface area contributed by atoms with Gasteiger partial charge in [0.1, 0.15) is 6.01 Å². The summed E-state index contributed by atoms with van der Waals surface area (Å²) in [7, 11) is 0. The lowest BCUT2D eigenvalue weighted by Crippen LogP contribution is -2.22. The minimum Gasteiger partial charge on any atom is -0.272 e. The molecular formula is C5H5N3O2. The number of hydrazone groups is 1. The molecule has 1 N–H and O–H groups in total. The number of hydrogen-bond donors (Lipinski definition) is 1. The van der Waals surface area contributed by atoms with Crippen molar-refractivity contribution < 1.29 is 9.59 Å². The van der Waals surface area contributed by atoms with E-state index in [-0.39, 0.29) is 24.7 Å². The molecule has 0 aromatic rings. The van der Waals surface area contributed by atoms with E-state index in [1.54, 1.807) is 6.01 Å². The Balaban J connectivity index is 2.81. The van der Waals surface area contributed by atoms with Crippen LogP contribution in [0.25, 0.3) is 0 Å². The molecule has 0 radical (unpaired) electrons. The molecule has 0 spiro atoms. The summed E-state index contributed by atoms with van der Waals surface area (Å²) in [4.78, 5) is 21.3. The van der Waals surface area contributed by atoms with Crippen LogP contribution in [0.5, 0.6) is 0 Å². The van der Waals surface area contributed by atoms with Crippen LogP contribution in [0.4, 0.5) is 0 Å². The molecule has 0 bridgehead atoms. The molecule has 0 aromatic heterocycles. The third-order valence-corrected chi connectivity index (χ3v) is 1.18. The lowest BCUT2D eigenvalue weighted by Gasteiger charge is -2.00. The largest absolute Gasteiger partial charge is 0.272 e. The third-order valence-electron chi connectivity index (χ3n) is 1.18. The van der Waals surface area contributed by atoms with Gasteiger partial charge >= 0.3 is 0 Å². The first-order valence-electron chi connectivity index (χ1n) is 2.74. The first-order valence-corrected chi connectivity index (χ1v) is 2.74. The van der Waals surface area contributed by atoms with Crippen LogP contribution >= 0.6 is 0 Å². The molecule has 0 aromatic carbocycles. The molecule has 1 fully saturated rings. The molecule has 0 atom stereocenters. The third kappa shape index (κ3) is 0.942. The van der Waals surface area contributed by atoms with Crippen LogP contribution in [0.15, 0.2) is 5.10 Å². The summed E-state index contributed by atoms with van der Waals surface area (Å²) in [6.45, 7) is 0. The fourth-order valence-electron chi connectivity index (χ4n) is 0.726. The van der Waals surface area contributed by atoms with Crippen LogP contribution in [0, 0.1) is 5.41 Å². The van der Waals surface area contributed by atoms with Crippen molar-refractivity contribution in [2.45, 2.75) is 12.8 Å². The van der Waals surface area contributed by atoms with Gasteiger partial charge in [-0.25, -0.2) is 5.41 Å². The fraction of sp³-hybridized carbons (Fsp3) is 0.400. The number of rotatable bonds is 1. The number of imide groups is 1. The molecule has 1 saturated heterocycles. The Morgan fingerprint density at radius 1 is 1.40 bits per heavy atom. The number of nitrogens with one attached hydrogen (secondary N) is 1. The summed E-state index contributed by atoms with van der Waals surface area (Å²) in [6.07, 6.45) is 0.397. The smallest absolute Gasteiger partial charge is 0.251 e. The molecule has 52 valence electrons. The Hall–Kier alpha value is -1.48. The summed E-state index contributed by atoms with van der Waals surface area (Å²) in [5, 5.41) is 10.2. The molecule has 0 saturated carbocycles. The van der Waals surface area contributed by atoms with Gasteiger partial charge in [0.05, 0.1) is 0 Å². The minimum atomic E-state index is -0.357. The molecule has 1 aliphatic rings. The Morgan fingerprint density at radius 3 is 2.30 bits per heavy atom. The first kappa shape index (κ1) is 6.64. The summed E-state index contributed by atoms with van der Waals surface area (Å²) in [5.74, 6) is -0.713. The van der Waals surface area contributed by atoms with E-state index in [9.17, 15) is 9.59 Å². The van der Waals surface area contributed by atoms with Crippen LogP contribution in [-0.4, -0.2) is 22.8 Å². The SMILES string of the molecule is N=C=NN1C(=O)CCC1=O. The highest BCUT2D eigenvalue weighted by molar-refractivity contribution is 6.01. The van der Waals surface area contributed by atoms with Gasteiger partial charge in [0, 0.05) is 12.8 Å². The summed E-state index contributed by atoms with van der Waals surface area (Å²) >= 11 is 0. The van der Waals surface area contributed by atoms with Crippen LogP contribution in [0.3, 0.4) is 0 Å². The van der Waals surface area contributed by atoms with Gasteiger partial charge in [-0.3, -0.25) is 9.59 Å². The second-order valence-corrected chi connectivity index (χ2v) is 1.81. The van der Waals surface area contributed by atoms with E-state index in [1.165, 1.54) is 0 Å². The van der Waals surface area contributed by atoms with Crippen LogP contribution in [0.2, 0.25) is 0 Å². The summed E-state index contributed by atoms with van der Waals surface area (Å²) in [6, 6.07) is 1.63. The van der Waals surface area contributed by atoms with Crippen LogP contribution in [-0.2, 0) is 9.59 Å². The van der Waals surface area contributed by atoms with Crippen molar-refractivity contribution in [1.82, 2.24) is 5.01 Å². The normalized spacial score (nSPS) is 17.4. The fourth-order valence-corrected chi connectivity index (χ4v) is 0.726. The van der Waals surface area contributed by atoms with Crippen molar-refractivity contribution in [1.29, 1.82) is 5.41 Å². The molecule has 5 heteroatoms. The van der Waals surface area contributed by atoms with Crippen molar-refractivity contribution in [3.8, 4) is 0 Å². The zero-order valence-electron chi connectivity index (χ0n) is 5.13. The van der Waals surface area contributed by atoms with E-state index < -0.39 is 0 Å². The highest BCUT2D eigenvalue weighted by Gasteiger charge is 2.28. The van der Waals surface area contributed by atoms with Gasteiger partial charge in [-0.1, -0.05) is 5.10 Å². The molecule has 2 amide bonds. The van der Waals surface area contributed by atoms with Crippen molar-refractivity contribution >= 4 is 17.8 Å². The topological polar surface area (TPSA) is 73.6 Å². The highest BCUT2D eigenvalue weighted by atomic mass is 16.2. The number of carbonyl (C=O) groups is 2. The van der Waals surface area contributed by atoms with Crippen molar-refractivity contribution in [3.63, 3.8) is 0 Å². The first-order chi connectivity index (χ1) is 4.75. The van der Waals surface area contributed by atoms with E-state index in [4.69, 9.17) is 5.41 Å². The summed E-state index contributed by atoms with van der Waals surface area (Å²) in [5.41, 5.74) is 0. The minimum absolute atomic E-state index is 0.198. The van der Waals surface area contributed by atoms with Gasteiger partial charge in [-0.2, -0.15) is 5.01 Å². The molecule has 10 heavy (non-hydrogen) atoms. The average molecular weight is 139 g/mol. The van der Waals surface area contributed by atoms with Gasteiger partial charge in [0.25, 0.3) is 11.8 Å². The Bertz CT molecular complexity index is 213.